The second-order valence-electron chi connectivity index (χ2n) is 6.81. The van der Waals surface area contributed by atoms with Crippen LogP contribution in [0.1, 0.15) is 48.4 Å². The number of rotatable bonds is 5. The molecule has 0 saturated carbocycles. The molecule has 6 nitrogen and oxygen atoms in total. The van der Waals surface area contributed by atoms with Crippen LogP contribution in [0.2, 0.25) is 0 Å². The van der Waals surface area contributed by atoms with Crippen molar-refractivity contribution in [2.24, 2.45) is 0 Å². The molecule has 142 valence electrons. The van der Waals surface area contributed by atoms with E-state index in [9.17, 15) is 9.59 Å². The van der Waals surface area contributed by atoms with Crippen LogP contribution in [-0.4, -0.2) is 50.7 Å². The molecule has 1 aromatic carbocycles. The molecule has 3 rings (SSSR count). The predicted molar refractivity (Wildman–Crippen MR) is 103 cm³/mol. The number of carbonyl (C=O) groups is 2. The van der Waals surface area contributed by atoms with Gasteiger partial charge in [0, 0.05) is 50.9 Å². The van der Waals surface area contributed by atoms with Gasteiger partial charge in [-0.05, 0) is 12.0 Å². The van der Waals surface area contributed by atoms with E-state index in [0.29, 0.717) is 31.6 Å². The molecule has 1 aromatic heterocycles. The van der Waals surface area contributed by atoms with E-state index in [-0.39, 0.29) is 17.9 Å². The Morgan fingerprint density at radius 1 is 1.15 bits per heavy atom. The number of nitrogens with zero attached hydrogens (tertiary/aromatic N) is 4. The van der Waals surface area contributed by atoms with Gasteiger partial charge in [-0.25, -0.2) is 9.97 Å². The van der Waals surface area contributed by atoms with Gasteiger partial charge in [0.1, 0.15) is 5.82 Å². The second-order valence-corrected chi connectivity index (χ2v) is 6.81. The van der Waals surface area contributed by atoms with Crippen molar-refractivity contribution in [2.75, 3.05) is 13.1 Å². The zero-order valence-corrected chi connectivity index (χ0v) is 16.0. The van der Waals surface area contributed by atoms with Gasteiger partial charge in [-0.1, -0.05) is 44.2 Å². The summed E-state index contributed by atoms with van der Waals surface area (Å²) in [5.74, 6) is 0.710. The molecule has 1 aliphatic heterocycles. The topological polar surface area (TPSA) is 66.4 Å². The molecule has 0 unspecified atom stereocenters. The van der Waals surface area contributed by atoms with Crippen LogP contribution in [0.3, 0.4) is 0 Å². The van der Waals surface area contributed by atoms with E-state index in [4.69, 9.17) is 0 Å². The number of amides is 2. The third-order valence-corrected chi connectivity index (χ3v) is 5.01. The minimum atomic E-state index is -0.106. The Bertz CT molecular complexity index is 777. The fourth-order valence-corrected chi connectivity index (χ4v) is 3.38. The molecular weight excluding hydrogens is 340 g/mol. The quantitative estimate of drug-likeness (QED) is 0.816. The van der Waals surface area contributed by atoms with Crippen LogP contribution in [0.15, 0.2) is 42.7 Å². The molecule has 1 aliphatic rings. The van der Waals surface area contributed by atoms with Gasteiger partial charge in [0.05, 0.1) is 5.56 Å². The lowest BCUT2D eigenvalue weighted by Gasteiger charge is -2.31. The van der Waals surface area contributed by atoms with Crippen LogP contribution in [0.25, 0.3) is 0 Å². The Kier molecular flexibility index (Phi) is 6.16. The number of carbonyl (C=O) groups excluding carboxylic acids is 2. The monoisotopic (exact) mass is 366 g/mol. The highest BCUT2D eigenvalue weighted by molar-refractivity contribution is 5.94. The molecular formula is C21H26N4O2. The summed E-state index contributed by atoms with van der Waals surface area (Å²) in [6.07, 6.45) is 5.04. The number of aryl methyl sites for hydroxylation is 1. The van der Waals surface area contributed by atoms with Crippen molar-refractivity contribution in [3.8, 4) is 0 Å². The zero-order valence-electron chi connectivity index (χ0n) is 16.0. The van der Waals surface area contributed by atoms with Gasteiger partial charge in [-0.15, -0.1) is 0 Å². The summed E-state index contributed by atoms with van der Waals surface area (Å²) in [5, 5.41) is 0. The molecule has 0 aliphatic carbocycles. The Hall–Kier alpha value is -2.76. The van der Waals surface area contributed by atoms with Crippen molar-refractivity contribution < 1.29 is 9.59 Å². The molecule has 27 heavy (non-hydrogen) atoms. The van der Waals surface area contributed by atoms with Crippen LogP contribution in [0.4, 0.5) is 0 Å². The molecule has 1 fully saturated rings. The highest BCUT2D eigenvalue weighted by Crippen LogP contribution is 2.19. The number of aromatic nitrogens is 2. The fourth-order valence-electron chi connectivity index (χ4n) is 3.38. The first-order valence-corrected chi connectivity index (χ1v) is 9.56. The van der Waals surface area contributed by atoms with Crippen molar-refractivity contribution in [1.82, 2.24) is 19.8 Å². The van der Waals surface area contributed by atoms with E-state index in [1.807, 2.05) is 42.2 Å². The minimum Gasteiger partial charge on any atom is -0.336 e. The highest BCUT2D eigenvalue weighted by atomic mass is 16.2. The highest BCUT2D eigenvalue weighted by Gasteiger charge is 2.31. The van der Waals surface area contributed by atoms with Crippen molar-refractivity contribution >= 4 is 11.8 Å². The van der Waals surface area contributed by atoms with Gasteiger partial charge in [0.25, 0.3) is 5.91 Å². The summed E-state index contributed by atoms with van der Waals surface area (Å²) in [5.41, 5.74) is 1.58. The summed E-state index contributed by atoms with van der Waals surface area (Å²) < 4.78 is 0. The summed E-state index contributed by atoms with van der Waals surface area (Å²) in [7, 11) is 0. The van der Waals surface area contributed by atoms with E-state index in [0.717, 1.165) is 24.2 Å². The molecule has 6 heteroatoms. The summed E-state index contributed by atoms with van der Waals surface area (Å²) in [6.45, 7) is 5.57. The Labute approximate surface area is 160 Å². The lowest BCUT2D eigenvalue weighted by molar-refractivity contribution is -0.133. The number of hydrogen-bond acceptors (Lipinski definition) is 4. The second kappa shape index (κ2) is 8.75. The normalized spacial score (nSPS) is 17.7. The Balaban J connectivity index is 1.76. The van der Waals surface area contributed by atoms with Gasteiger partial charge >= 0.3 is 0 Å². The first kappa shape index (κ1) is 19.0. The van der Waals surface area contributed by atoms with E-state index < -0.39 is 0 Å². The van der Waals surface area contributed by atoms with Gasteiger partial charge < -0.3 is 9.80 Å². The molecule has 0 spiro atoms. The average Bonchev–Trinajstić information content (AvgIpc) is 2.87. The largest absolute Gasteiger partial charge is 0.336 e. The Morgan fingerprint density at radius 3 is 2.48 bits per heavy atom. The molecule has 2 heterocycles. The van der Waals surface area contributed by atoms with Crippen molar-refractivity contribution in [2.45, 2.75) is 45.7 Å². The molecule has 2 amide bonds. The van der Waals surface area contributed by atoms with Gasteiger partial charge in [-0.3, -0.25) is 9.59 Å². The molecule has 2 aromatic rings. The minimum absolute atomic E-state index is 0.00000971. The van der Waals surface area contributed by atoms with Crippen molar-refractivity contribution in [1.29, 1.82) is 0 Å². The maximum Gasteiger partial charge on any atom is 0.257 e. The SMILES string of the molecule is CCc1ncc(C(=O)N2CCC(=O)N(Cc3ccccc3)[C@H](CC)C2)cn1. The van der Waals surface area contributed by atoms with Gasteiger partial charge in [-0.2, -0.15) is 0 Å². The van der Waals surface area contributed by atoms with E-state index in [1.54, 1.807) is 17.3 Å². The maximum atomic E-state index is 12.9. The van der Waals surface area contributed by atoms with E-state index in [1.165, 1.54) is 0 Å². The van der Waals surface area contributed by atoms with E-state index >= 15 is 0 Å². The average molecular weight is 366 g/mol. The standard InChI is InChI=1S/C21H26N4O2/c1-3-18-15-24(21(27)17-12-22-19(4-2)23-13-17)11-10-20(26)25(18)14-16-8-6-5-7-9-16/h5-9,12-13,18H,3-4,10-11,14-15H2,1-2H3/t18-/m1/s1. The fraction of sp³-hybridized carbons (Fsp3) is 0.429. The lowest BCUT2D eigenvalue weighted by atomic mass is 10.1. The van der Waals surface area contributed by atoms with E-state index in [2.05, 4.69) is 16.9 Å². The van der Waals surface area contributed by atoms with Crippen LogP contribution in [0.5, 0.6) is 0 Å². The molecule has 0 bridgehead atoms. The summed E-state index contributed by atoms with van der Waals surface area (Å²) >= 11 is 0. The van der Waals surface area contributed by atoms with Crippen LogP contribution < -0.4 is 0 Å². The predicted octanol–water partition coefficient (Wildman–Crippen LogP) is 2.69. The van der Waals surface area contributed by atoms with Crippen molar-refractivity contribution in [3.05, 3.63) is 59.7 Å². The summed E-state index contributed by atoms with van der Waals surface area (Å²) in [6, 6.07) is 9.99. The van der Waals surface area contributed by atoms with Crippen LogP contribution in [-0.2, 0) is 17.8 Å². The number of hydrogen-bond donors (Lipinski definition) is 0. The third kappa shape index (κ3) is 4.51. The number of benzene rings is 1. The first-order chi connectivity index (χ1) is 13.1. The van der Waals surface area contributed by atoms with Gasteiger partial charge in [0.2, 0.25) is 5.91 Å². The smallest absolute Gasteiger partial charge is 0.257 e. The maximum absolute atomic E-state index is 12.9. The van der Waals surface area contributed by atoms with Crippen molar-refractivity contribution in [3.63, 3.8) is 0 Å². The Morgan fingerprint density at radius 2 is 1.85 bits per heavy atom. The summed E-state index contributed by atoms with van der Waals surface area (Å²) in [4.78, 5) is 37.8. The molecule has 0 N–H and O–H groups in total. The first-order valence-electron chi connectivity index (χ1n) is 9.56. The zero-order chi connectivity index (χ0) is 19.2. The van der Waals surface area contributed by atoms with Crippen LogP contribution >= 0.6 is 0 Å². The van der Waals surface area contributed by atoms with Crippen LogP contribution in [0, 0.1) is 0 Å². The molecule has 0 radical (unpaired) electrons. The molecule has 1 saturated heterocycles. The third-order valence-electron chi connectivity index (χ3n) is 5.01. The lowest BCUT2D eigenvalue weighted by Crippen LogP contribution is -2.43. The van der Waals surface area contributed by atoms with Gasteiger partial charge in [0.15, 0.2) is 0 Å². The molecule has 1 atom stereocenters.